The van der Waals surface area contributed by atoms with Crippen LogP contribution in [0.15, 0.2) is 16.7 Å². The summed E-state index contributed by atoms with van der Waals surface area (Å²) in [5.74, 6) is -0.0219. The average Bonchev–Trinajstić information content (AvgIpc) is 2.72. The largest absolute Gasteiger partial charge is 0.452 e. The summed E-state index contributed by atoms with van der Waals surface area (Å²) in [6.07, 6.45) is 2.20. The van der Waals surface area contributed by atoms with Crippen LogP contribution in [0.1, 0.15) is 16.8 Å². The maximum absolute atomic E-state index is 11.7. The minimum atomic E-state index is -0.0462. The number of hydrogen-bond acceptors (Lipinski definition) is 3. The van der Waals surface area contributed by atoms with Crippen molar-refractivity contribution in [1.82, 2.24) is 0 Å². The highest BCUT2D eigenvalue weighted by molar-refractivity contribution is 6.32. The second kappa shape index (κ2) is 3.52. The number of ether oxygens (including phenoxy) is 1. The van der Waals surface area contributed by atoms with Crippen molar-refractivity contribution in [1.29, 1.82) is 0 Å². The topological polar surface area (TPSA) is 39.4 Å². The maximum atomic E-state index is 11.7. The SMILES string of the molecule is O=C(c1ccoc1Cl)C1CCOC1. The van der Waals surface area contributed by atoms with E-state index in [0.717, 1.165) is 6.42 Å². The normalized spacial score (nSPS) is 22.1. The molecule has 1 atom stereocenters. The first kappa shape index (κ1) is 8.78. The molecule has 2 rings (SSSR count). The lowest BCUT2D eigenvalue weighted by molar-refractivity contribution is 0.0900. The molecule has 4 heteroatoms. The van der Waals surface area contributed by atoms with Crippen LogP contribution in [-0.2, 0) is 4.74 Å². The van der Waals surface area contributed by atoms with Crippen LogP contribution in [0.2, 0.25) is 5.22 Å². The molecule has 70 valence electrons. The molecule has 1 aliphatic rings. The molecular weight excluding hydrogens is 192 g/mol. The molecule has 0 N–H and O–H groups in total. The number of furan rings is 1. The predicted molar refractivity (Wildman–Crippen MR) is 47.0 cm³/mol. The van der Waals surface area contributed by atoms with Gasteiger partial charge in [-0.05, 0) is 24.1 Å². The zero-order chi connectivity index (χ0) is 9.26. The second-order valence-corrected chi connectivity index (χ2v) is 3.38. The Bertz CT molecular complexity index is 312. The molecule has 1 aliphatic heterocycles. The Hall–Kier alpha value is -0.800. The van der Waals surface area contributed by atoms with Crippen molar-refractivity contribution in [2.45, 2.75) is 6.42 Å². The number of carbonyl (C=O) groups is 1. The summed E-state index contributed by atoms with van der Waals surface area (Å²) >= 11 is 5.68. The third kappa shape index (κ3) is 1.62. The van der Waals surface area contributed by atoms with Gasteiger partial charge in [0, 0.05) is 12.5 Å². The van der Waals surface area contributed by atoms with Crippen molar-refractivity contribution < 1.29 is 13.9 Å². The van der Waals surface area contributed by atoms with Crippen molar-refractivity contribution in [3.8, 4) is 0 Å². The van der Waals surface area contributed by atoms with Crippen molar-refractivity contribution in [2.24, 2.45) is 5.92 Å². The van der Waals surface area contributed by atoms with E-state index < -0.39 is 0 Å². The van der Waals surface area contributed by atoms with E-state index in [4.69, 9.17) is 20.8 Å². The first-order chi connectivity index (χ1) is 6.29. The van der Waals surface area contributed by atoms with E-state index >= 15 is 0 Å². The van der Waals surface area contributed by atoms with E-state index in [0.29, 0.717) is 18.8 Å². The van der Waals surface area contributed by atoms with Gasteiger partial charge in [-0.25, -0.2) is 0 Å². The summed E-state index contributed by atoms with van der Waals surface area (Å²) < 4.78 is 9.97. The Morgan fingerprint density at radius 2 is 2.46 bits per heavy atom. The lowest BCUT2D eigenvalue weighted by Gasteiger charge is -2.03. The zero-order valence-electron chi connectivity index (χ0n) is 6.96. The fraction of sp³-hybridized carbons (Fsp3) is 0.444. The Kier molecular flexibility index (Phi) is 2.38. The van der Waals surface area contributed by atoms with Crippen LogP contribution in [0, 0.1) is 5.92 Å². The molecule has 13 heavy (non-hydrogen) atoms. The third-order valence-corrected chi connectivity index (χ3v) is 2.48. The maximum Gasteiger partial charge on any atom is 0.203 e. The Labute approximate surface area is 80.6 Å². The number of carbonyl (C=O) groups excluding carboxylic acids is 1. The highest BCUT2D eigenvalue weighted by atomic mass is 35.5. The highest BCUT2D eigenvalue weighted by Gasteiger charge is 2.26. The fourth-order valence-electron chi connectivity index (χ4n) is 1.43. The average molecular weight is 201 g/mol. The molecule has 2 heterocycles. The number of Topliss-reactive ketones (excluding diaryl/α,β-unsaturated/α-hetero) is 1. The van der Waals surface area contributed by atoms with Crippen LogP contribution >= 0.6 is 11.6 Å². The van der Waals surface area contributed by atoms with Gasteiger partial charge < -0.3 is 9.15 Å². The molecule has 1 aromatic heterocycles. The standard InChI is InChI=1S/C9H9ClO3/c10-9-7(2-4-13-9)8(11)6-1-3-12-5-6/h2,4,6H,1,3,5H2. The van der Waals surface area contributed by atoms with E-state index in [9.17, 15) is 4.79 Å². The van der Waals surface area contributed by atoms with Gasteiger partial charge in [-0.2, -0.15) is 0 Å². The van der Waals surface area contributed by atoms with Gasteiger partial charge in [0.05, 0.1) is 18.4 Å². The van der Waals surface area contributed by atoms with E-state index in [-0.39, 0.29) is 16.9 Å². The Morgan fingerprint density at radius 3 is 3.00 bits per heavy atom. The Morgan fingerprint density at radius 1 is 1.62 bits per heavy atom. The van der Waals surface area contributed by atoms with Crippen molar-refractivity contribution in [3.63, 3.8) is 0 Å². The summed E-state index contributed by atoms with van der Waals surface area (Å²) in [7, 11) is 0. The van der Waals surface area contributed by atoms with Crippen molar-refractivity contribution in [2.75, 3.05) is 13.2 Å². The quantitative estimate of drug-likeness (QED) is 0.687. The van der Waals surface area contributed by atoms with Crippen molar-refractivity contribution in [3.05, 3.63) is 23.1 Å². The van der Waals surface area contributed by atoms with Crippen LogP contribution in [0.25, 0.3) is 0 Å². The van der Waals surface area contributed by atoms with Gasteiger partial charge in [0.2, 0.25) is 5.22 Å². The van der Waals surface area contributed by atoms with E-state index in [1.54, 1.807) is 6.07 Å². The van der Waals surface area contributed by atoms with Crippen LogP contribution in [0.4, 0.5) is 0 Å². The van der Waals surface area contributed by atoms with E-state index in [1.807, 2.05) is 0 Å². The molecule has 1 saturated heterocycles. The molecule has 0 radical (unpaired) electrons. The second-order valence-electron chi connectivity index (χ2n) is 3.03. The Balaban J connectivity index is 2.17. The highest BCUT2D eigenvalue weighted by Crippen LogP contribution is 2.24. The molecule has 0 bridgehead atoms. The summed E-state index contributed by atoms with van der Waals surface area (Å²) in [6.45, 7) is 1.16. The van der Waals surface area contributed by atoms with Gasteiger partial charge in [0.15, 0.2) is 5.78 Å². The van der Waals surface area contributed by atoms with Gasteiger partial charge in [-0.15, -0.1) is 0 Å². The first-order valence-electron chi connectivity index (χ1n) is 4.14. The molecule has 1 unspecified atom stereocenters. The smallest absolute Gasteiger partial charge is 0.203 e. The zero-order valence-corrected chi connectivity index (χ0v) is 7.71. The fourth-order valence-corrected chi connectivity index (χ4v) is 1.64. The summed E-state index contributed by atoms with van der Waals surface area (Å²) in [5, 5.41) is 0.178. The lowest BCUT2D eigenvalue weighted by atomic mass is 9.99. The molecule has 0 saturated carbocycles. The summed E-state index contributed by atoms with van der Waals surface area (Å²) in [5.41, 5.74) is 0.470. The van der Waals surface area contributed by atoms with Gasteiger partial charge in [-0.1, -0.05) is 0 Å². The molecule has 0 spiro atoms. The molecule has 1 fully saturated rings. The lowest BCUT2D eigenvalue weighted by Crippen LogP contribution is -2.14. The van der Waals surface area contributed by atoms with Crippen LogP contribution in [0.5, 0.6) is 0 Å². The first-order valence-corrected chi connectivity index (χ1v) is 4.52. The summed E-state index contributed by atoms with van der Waals surface area (Å²) in [4.78, 5) is 11.7. The van der Waals surface area contributed by atoms with Crippen molar-refractivity contribution >= 4 is 17.4 Å². The molecule has 1 aromatic rings. The van der Waals surface area contributed by atoms with E-state index in [1.165, 1.54) is 6.26 Å². The van der Waals surface area contributed by atoms with Crippen LogP contribution in [0.3, 0.4) is 0 Å². The number of hydrogen-bond donors (Lipinski definition) is 0. The van der Waals surface area contributed by atoms with E-state index in [2.05, 4.69) is 0 Å². The number of ketones is 1. The molecule has 3 nitrogen and oxygen atoms in total. The van der Waals surface area contributed by atoms with Gasteiger partial charge >= 0.3 is 0 Å². The van der Waals surface area contributed by atoms with Crippen LogP contribution in [-0.4, -0.2) is 19.0 Å². The minimum absolute atomic E-state index is 0.0243. The van der Waals surface area contributed by atoms with Gasteiger partial charge in [0.25, 0.3) is 0 Å². The monoisotopic (exact) mass is 200 g/mol. The minimum Gasteiger partial charge on any atom is -0.452 e. The molecule has 0 amide bonds. The number of rotatable bonds is 2. The molecule has 0 aromatic carbocycles. The van der Waals surface area contributed by atoms with Gasteiger partial charge in [-0.3, -0.25) is 4.79 Å². The summed E-state index contributed by atoms with van der Waals surface area (Å²) in [6, 6.07) is 1.60. The molecular formula is C9H9ClO3. The van der Waals surface area contributed by atoms with Gasteiger partial charge in [0.1, 0.15) is 0 Å². The predicted octanol–water partition coefficient (Wildman–Crippen LogP) is 2.15. The third-order valence-electron chi connectivity index (χ3n) is 2.18. The number of halogens is 1. The van der Waals surface area contributed by atoms with Crippen LogP contribution < -0.4 is 0 Å². The molecule has 0 aliphatic carbocycles.